The van der Waals surface area contributed by atoms with Gasteiger partial charge in [0.1, 0.15) is 0 Å². The smallest absolute Gasteiger partial charge is 0.303 e. The van der Waals surface area contributed by atoms with Crippen LogP contribution in [0.15, 0.2) is 58.2 Å². The van der Waals surface area contributed by atoms with Gasteiger partial charge in [-0.2, -0.15) is 0 Å². The fourth-order valence-electron chi connectivity index (χ4n) is 3.73. The number of hydrogen-bond donors (Lipinski definition) is 1. The second-order valence-electron chi connectivity index (χ2n) is 7.37. The Bertz CT molecular complexity index is 1130. The van der Waals surface area contributed by atoms with Crippen LogP contribution in [0, 0.1) is 0 Å². The van der Waals surface area contributed by atoms with Crippen LogP contribution in [0.2, 0.25) is 0 Å². The van der Waals surface area contributed by atoms with Crippen molar-refractivity contribution in [3.63, 3.8) is 0 Å². The van der Waals surface area contributed by atoms with Crippen LogP contribution in [-0.2, 0) is 16.6 Å². The van der Waals surface area contributed by atoms with Crippen molar-refractivity contribution < 1.29 is 8.42 Å². The second-order valence-corrected chi connectivity index (χ2v) is 10.1. The number of thiazole rings is 1. The van der Waals surface area contributed by atoms with Crippen molar-refractivity contribution in [1.29, 1.82) is 0 Å². The number of hydrogen-bond acceptors (Lipinski definition) is 5. The van der Waals surface area contributed by atoms with Gasteiger partial charge in [0.05, 0.1) is 21.7 Å². The Morgan fingerprint density at radius 2 is 1.79 bits per heavy atom. The third-order valence-electron chi connectivity index (χ3n) is 5.28. The van der Waals surface area contributed by atoms with Gasteiger partial charge in [0.15, 0.2) is 0 Å². The van der Waals surface area contributed by atoms with Crippen LogP contribution in [0.4, 0.5) is 0 Å². The fraction of sp³-hybridized carbons (Fsp3) is 0.381. The molecule has 3 aromatic rings. The Balaban J connectivity index is 1.47. The van der Waals surface area contributed by atoms with Crippen molar-refractivity contribution in [2.45, 2.75) is 30.7 Å². The maximum Gasteiger partial charge on any atom is 0.308 e. The predicted octanol–water partition coefficient (Wildman–Crippen LogP) is 2.88. The summed E-state index contributed by atoms with van der Waals surface area (Å²) < 4.78 is 30.4. The number of likely N-dealkylation sites (tertiary alicyclic amines) is 1. The third kappa shape index (κ3) is 4.78. The Morgan fingerprint density at radius 1 is 1.03 bits per heavy atom. The molecule has 6 nitrogen and oxygen atoms in total. The largest absolute Gasteiger partial charge is 0.308 e. The van der Waals surface area contributed by atoms with Gasteiger partial charge < -0.3 is 4.90 Å². The summed E-state index contributed by atoms with van der Waals surface area (Å²) in [4.78, 5) is 14.9. The molecule has 1 N–H and O–H groups in total. The van der Waals surface area contributed by atoms with Crippen LogP contribution in [-0.4, -0.2) is 44.1 Å². The minimum atomic E-state index is -3.58. The first-order valence-corrected chi connectivity index (χ1v) is 12.2. The molecule has 0 saturated carbocycles. The number of nitrogens with zero attached hydrogens (tertiary/aromatic N) is 2. The van der Waals surface area contributed by atoms with Gasteiger partial charge in [0.2, 0.25) is 10.0 Å². The van der Waals surface area contributed by atoms with E-state index in [1.807, 2.05) is 30.3 Å². The zero-order valence-corrected chi connectivity index (χ0v) is 17.8. The Hall–Kier alpha value is -2.00. The first kappa shape index (κ1) is 20.3. The van der Waals surface area contributed by atoms with E-state index in [0.29, 0.717) is 17.8 Å². The van der Waals surface area contributed by atoms with E-state index in [4.69, 9.17) is 0 Å². The third-order valence-corrected chi connectivity index (χ3v) is 7.68. The number of sulfonamides is 1. The number of rotatable bonds is 8. The van der Waals surface area contributed by atoms with E-state index >= 15 is 0 Å². The summed E-state index contributed by atoms with van der Waals surface area (Å²) in [5.41, 5.74) is 1.79. The molecule has 1 saturated heterocycles. The van der Waals surface area contributed by atoms with Gasteiger partial charge in [0.25, 0.3) is 0 Å². The lowest BCUT2D eigenvalue weighted by Gasteiger charge is -2.14. The molecule has 0 atom stereocenters. The molecule has 4 rings (SSSR count). The molecule has 1 aromatic heterocycles. The first-order chi connectivity index (χ1) is 14.0. The van der Waals surface area contributed by atoms with E-state index in [1.165, 1.54) is 12.8 Å². The van der Waals surface area contributed by atoms with E-state index in [2.05, 4.69) is 9.62 Å². The van der Waals surface area contributed by atoms with Gasteiger partial charge in [-0.25, -0.2) is 13.1 Å². The normalized spacial score (nSPS) is 15.3. The number of aromatic nitrogens is 1. The zero-order chi connectivity index (χ0) is 20.3. The van der Waals surface area contributed by atoms with Crippen molar-refractivity contribution in [1.82, 2.24) is 14.2 Å². The van der Waals surface area contributed by atoms with Crippen LogP contribution < -0.4 is 9.60 Å². The molecule has 1 fully saturated rings. The lowest BCUT2D eigenvalue weighted by molar-refractivity contribution is 0.334. The molecular formula is C21H25N3O3S2. The number of benzene rings is 2. The molecule has 1 aliphatic rings. The van der Waals surface area contributed by atoms with Crippen molar-refractivity contribution >= 4 is 31.6 Å². The monoisotopic (exact) mass is 431 g/mol. The van der Waals surface area contributed by atoms with E-state index in [1.54, 1.807) is 22.8 Å². The molecular weight excluding hydrogens is 406 g/mol. The zero-order valence-electron chi connectivity index (χ0n) is 16.2. The Kier molecular flexibility index (Phi) is 6.15. The van der Waals surface area contributed by atoms with Gasteiger partial charge >= 0.3 is 4.87 Å². The molecule has 0 radical (unpaired) electrons. The van der Waals surface area contributed by atoms with Crippen LogP contribution in [0.1, 0.15) is 24.8 Å². The topological polar surface area (TPSA) is 71.4 Å². The Morgan fingerprint density at radius 3 is 2.55 bits per heavy atom. The summed E-state index contributed by atoms with van der Waals surface area (Å²) in [6, 6.07) is 14.7. The van der Waals surface area contributed by atoms with Crippen molar-refractivity contribution in [2.24, 2.45) is 0 Å². The van der Waals surface area contributed by atoms with E-state index in [0.717, 1.165) is 48.5 Å². The maximum atomic E-state index is 12.6. The molecule has 0 spiro atoms. The van der Waals surface area contributed by atoms with Crippen LogP contribution in [0.5, 0.6) is 0 Å². The molecule has 1 aliphatic heterocycles. The highest BCUT2D eigenvalue weighted by Crippen LogP contribution is 2.22. The van der Waals surface area contributed by atoms with Gasteiger partial charge in [-0.3, -0.25) is 9.36 Å². The van der Waals surface area contributed by atoms with E-state index < -0.39 is 10.0 Å². The summed E-state index contributed by atoms with van der Waals surface area (Å²) in [7, 11) is -3.58. The van der Waals surface area contributed by atoms with Gasteiger partial charge in [-0.05, 0) is 62.7 Å². The summed E-state index contributed by atoms with van der Waals surface area (Å²) in [5, 5.41) is 0. The highest BCUT2D eigenvalue weighted by atomic mass is 32.2. The van der Waals surface area contributed by atoms with Crippen LogP contribution in [0.3, 0.4) is 0 Å². The molecule has 0 amide bonds. The summed E-state index contributed by atoms with van der Waals surface area (Å²) >= 11 is 1.08. The van der Waals surface area contributed by atoms with Gasteiger partial charge in [-0.1, -0.05) is 41.7 Å². The molecule has 0 aliphatic carbocycles. The standard InChI is InChI=1S/C21H25N3O3S2/c25-21-24(16-17-7-2-1-3-8-17)19-10-9-18(15-20(19)28-21)29(26,27)22-11-6-14-23-12-4-5-13-23/h1-3,7-10,15,22H,4-6,11-14,16H2. The molecule has 8 heteroatoms. The quantitative estimate of drug-likeness (QED) is 0.557. The molecule has 2 aromatic carbocycles. The summed E-state index contributed by atoms with van der Waals surface area (Å²) in [6.45, 7) is 4.04. The summed E-state index contributed by atoms with van der Waals surface area (Å²) in [6.07, 6.45) is 3.26. The molecule has 154 valence electrons. The summed E-state index contributed by atoms with van der Waals surface area (Å²) in [5.74, 6) is 0. The lowest BCUT2D eigenvalue weighted by Crippen LogP contribution is -2.28. The molecule has 0 bridgehead atoms. The van der Waals surface area contributed by atoms with Crippen LogP contribution in [0.25, 0.3) is 10.2 Å². The SMILES string of the molecule is O=c1sc2cc(S(=O)(=O)NCCCN3CCCC3)ccc2n1Cc1ccccc1. The average molecular weight is 432 g/mol. The first-order valence-electron chi connectivity index (χ1n) is 9.92. The Labute approximate surface area is 174 Å². The number of fused-ring (bicyclic) bond motifs is 1. The van der Waals surface area contributed by atoms with Crippen molar-refractivity contribution in [3.8, 4) is 0 Å². The fourth-order valence-corrected chi connectivity index (χ4v) is 5.83. The molecule has 2 heterocycles. The number of nitrogens with one attached hydrogen (secondary N) is 1. The van der Waals surface area contributed by atoms with E-state index in [-0.39, 0.29) is 9.77 Å². The van der Waals surface area contributed by atoms with Crippen molar-refractivity contribution in [2.75, 3.05) is 26.2 Å². The minimum absolute atomic E-state index is 0.0861. The molecule has 0 unspecified atom stereocenters. The molecule has 29 heavy (non-hydrogen) atoms. The minimum Gasteiger partial charge on any atom is -0.303 e. The van der Waals surface area contributed by atoms with E-state index in [9.17, 15) is 13.2 Å². The van der Waals surface area contributed by atoms with Crippen LogP contribution >= 0.6 is 11.3 Å². The van der Waals surface area contributed by atoms with Gasteiger partial charge in [-0.15, -0.1) is 0 Å². The van der Waals surface area contributed by atoms with Gasteiger partial charge in [0, 0.05) is 6.54 Å². The lowest BCUT2D eigenvalue weighted by atomic mass is 10.2. The highest BCUT2D eigenvalue weighted by Gasteiger charge is 2.17. The predicted molar refractivity (Wildman–Crippen MR) is 117 cm³/mol. The maximum absolute atomic E-state index is 12.6. The highest BCUT2D eigenvalue weighted by molar-refractivity contribution is 7.89. The second kappa shape index (κ2) is 8.79. The average Bonchev–Trinajstić information content (AvgIpc) is 3.34. The van der Waals surface area contributed by atoms with Crippen molar-refractivity contribution in [3.05, 3.63) is 63.8 Å².